The molecule has 2 aromatic carbocycles. The maximum absolute atomic E-state index is 13.9. The maximum atomic E-state index is 13.9. The van der Waals surface area contributed by atoms with Crippen LogP contribution in [0.3, 0.4) is 0 Å². The molecule has 2 aromatic rings. The minimum atomic E-state index is -0.411. The van der Waals surface area contributed by atoms with Gasteiger partial charge in [0.25, 0.3) is 0 Å². The number of halogens is 1. The minimum Gasteiger partial charge on any atom is -0.366 e. The number of primary amides is 1. The normalized spacial score (nSPS) is 18.0. The lowest BCUT2D eigenvalue weighted by molar-refractivity contribution is 0.0998. The molecule has 0 saturated heterocycles. The highest BCUT2D eigenvalue weighted by molar-refractivity contribution is 5.94. The maximum Gasteiger partial charge on any atom is 0.248 e. The van der Waals surface area contributed by atoms with Gasteiger partial charge in [0.15, 0.2) is 0 Å². The van der Waals surface area contributed by atoms with Crippen molar-refractivity contribution in [2.75, 3.05) is 0 Å². The van der Waals surface area contributed by atoms with Crippen LogP contribution in [0, 0.1) is 17.7 Å². The summed E-state index contributed by atoms with van der Waals surface area (Å²) >= 11 is 0. The molecular weight excluding hydrogens is 363 g/mol. The highest BCUT2D eigenvalue weighted by Crippen LogP contribution is 2.36. The molecule has 3 nitrogen and oxygen atoms in total. The quantitative estimate of drug-likeness (QED) is 0.747. The summed E-state index contributed by atoms with van der Waals surface area (Å²) in [6.07, 6.45) is 9.16. The zero-order chi connectivity index (χ0) is 20.3. The number of nitrogens with one attached hydrogen (secondary N) is 1. The summed E-state index contributed by atoms with van der Waals surface area (Å²) in [7, 11) is 0. The van der Waals surface area contributed by atoms with Gasteiger partial charge in [-0.1, -0.05) is 43.2 Å². The van der Waals surface area contributed by atoms with Crippen molar-refractivity contribution in [3.05, 3.63) is 70.5 Å². The van der Waals surface area contributed by atoms with Crippen molar-refractivity contribution >= 4 is 5.91 Å². The van der Waals surface area contributed by atoms with Gasteiger partial charge in [-0.3, -0.25) is 4.79 Å². The Morgan fingerprint density at radius 2 is 1.86 bits per heavy atom. The molecule has 0 atom stereocenters. The fourth-order valence-electron chi connectivity index (χ4n) is 4.39. The zero-order valence-corrected chi connectivity index (χ0v) is 16.6. The van der Waals surface area contributed by atoms with E-state index in [4.69, 9.17) is 5.73 Å². The Morgan fingerprint density at radius 1 is 1.10 bits per heavy atom. The molecule has 3 N–H and O–H groups in total. The van der Waals surface area contributed by atoms with Crippen LogP contribution < -0.4 is 11.1 Å². The van der Waals surface area contributed by atoms with Gasteiger partial charge in [-0.05, 0) is 68.0 Å². The molecule has 4 heteroatoms. The van der Waals surface area contributed by atoms with E-state index in [0.29, 0.717) is 17.2 Å². The van der Waals surface area contributed by atoms with E-state index in [1.54, 1.807) is 30.3 Å². The lowest BCUT2D eigenvalue weighted by Crippen LogP contribution is -2.50. The molecule has 2 aliphatic rings. The van der Waals surface area contributed by atoms with Crippen molar-refractivity contribution < 1.29 is 9.18 Å². The average Bonchev–Trinajstić information content (AvgIpc) is 3.51. The molecule has 0 radical (unpaired) electrons. The fraction of sp³-hybridized carbons (Fsp3) is 0.400. The van der Waals surface area contributed by atoms with E-state index < -0.39 is 5.91 Å². The van der Waals surface area contributed by atoms with Crippen LogP contribution in [-0.2, 0) is 6.42 Å². The van der Waals surface area contributed by atoms with Gasteiger partial charge in [-0.15, -0.1) is 0 Å². The summed E-state index contributed by atoms with van der Waals surface area (Å²) in [4.78, 5) is 12.1. The third-order valence-electron chi connectivity index (χ3n) is 6.01. The average molecular weight is 391 g/mol. The predicted molar refractivity (Wildman–Crippen MR) is 113 cm³/mol. The largest absolute Gasteiger partial charge is 0.366 e. The van der Waals surface area contributed by atoms with Crippen LogP contribution in [0.4, 0.5) is 4.39 Å². The molecule has 2 aliphatic carbocycles. The number of carbonyl (C=O) groups is 1. The number of rotatable bonds is 5. The summed E-state index contributed by atoms with van der Waals surface area (Å²) in [5.41, 5.74) is 8.33. The highest BCUT2D eigenvalue weighted by atomic mass is 19.1. The van der Waals surface area contributed by atoms with E-state index >= 15 is 0 Å². The number of nitrogens with two attached hydrogens (primary N) is 1. The molecule has 4 rings (SSSR count). The predicted octanol–water partition coefficient (Wildman–Crippen LogP) is 4.32. The van der Waals surface area contributed by atoms with Crippen LogP contribution in [0.2, 0.25) is 0 Å². The first-order valence-electron chi connectivity index (χ1n) is 10.5. The van der Waals surface area contributed by atoms with Gasteiger partial charge in [0, 0.05) is 22.7 Å². The summed E-state index contributed by atoms with van der Waals surface area (Å²) in [5.74, 6) is 5.21. The topological polar surface area (TPSA) is 55.1 Å². The molecule has 2 fully saturated rings. The number of hydrogen-bond donors (Lipinski definition) is 2. The van der Waals surface area contributed by atoms with Crippen molar-refractivity contribution in [3.63, 3.8) is 0 Å². The van der Waals surface area contributed by atoms with Crippen LogP contribution in [0.5, 0.6) is 0 Å². The minimum absolute atomic E-state index is 0.0290. The van der Waals surface area contributed by atoms with Crippen molar-refractivity contribution in [1.82, 2.24) is 5.32 Å². The number of benzene rings is 2. The molecule has 29 heavy (non-hydrogen) atoms. The first-order chi connectivity index (χ1) is 14.0. The van der Waals surface area contributed by atoms with Crippen molar-refractivity contribution in [2.24, 2.45) is 5.73 Å². The molecule has 0 unspecified atom stereocenters. The van der Waals surface area contributed by atoms with Crippen LogP contribution in [0.15, 0.2) is 42.5 Å². The van der Waals surface area contributed by atoms with E-state index in [9.17, 15) is 9.18 Å². The van der Waals surface area contributed by atoms with Crippen LogP contribution in [0.25, 0.3) is 0 Å². The number of amides is 1. The van der Waals surface area contributed by atoms with Crippen molar-refractivity contribution in [3.8, 4) is 11.8 Å². The van der Waals surface area contributed by atoms with Gasteiger partial charge in [-0.2, -0.15) is 0 Å². The Morgan fingerprint density at radius 3 is 2.55 bits per heavy atom. The fourth-order valence-corrected chi connectivity index (χ4v) is 4.39. The number of carbonyl (C=O) groups excluding carboxylic acids is 1. The van der Waals surface area contributed by atoms with E-state index in [0.717, 1.165) is 30.4 Å². The van der Waals surface area contributed by atoms with Crippen LogP contribution >= 0.6 is 0 Å². The zero-order valence-electron chi connectivity index (χ0n) is 16.6. The third kappa shape index (κ3) is 4.86. The van der Waals surface area contributed by atoms with E-state index in [2.05, 4.69) is 17.2 Å². The van der Waals surface area contributed by atoms with Crippen LogP contribution in [0.1, 0.15) is 72.0 Å². The second-order valence-corrected chi connectivity index (χ2v) is 8.40. The Bertz CT molecular complexity index is 962. The van der Waals surface area contributed by atoms with E-state index in [-0.39, 0.29) is 11.4 Å². The smallest absolute Gasteiger partial charge is 0.248 e. The summed E-state index contributed by atoms with van der Waals surface area (Å²) in [5, 5.41) is 3.87. The Labute approximate surface area is 171 Å². The second-order valence-electron chi connectivity index (χ2n) is 8.40. The molecule has 0 aromatic heterocycles. The molecule has 2 saturated carbocycles. The van der Waals surface area contributed by atoms with E-state index in [1.807, 2.05) is 6.07 Å². The SMILES string of the molecule is NC(=O)c1ccc(C#Cc2ccccc2F)cc1CC1(NC2CC2)CCCCC1. The lowest BCUT2D eigenvalue weighted by atomic mass is 9.76. The lowest BCUT2D eigenvalue weighted by Gasteiger charge is -2.39. The second kappa shape index (κ2) is 8.39. The monoisotopic (exact) mass is 390 g/mol. The Hall–Kier alpha value is -2.64. The number of hydrogen-bond acceptors (Lipinski definition) is 2. The molecule has 1 amide bonds. The molecule has 150 valence electrons. The molecule has 0 spiro atoms. The highest BCUT2D eigenvalue weighted by Gasteiger charge is 2.37. The standard InChI is InChI=1S/C25H27FN2O/c26-23-7-3-2-6-19(23)10-8-18-9-13-22(24(27)29)20(16-18)17-25(28-21-11-12-21)14-4-1-5-15-25/h2-3,6-7,9,13,16,21,28H,1,4-5,11-12,14-15,17H2,(H2,27,29). The molecule has 0 heterocycles. The van der Waals surface area contributed by atoms with E-state index in [1.165, 1.54) is 38.2 Å². The summed E-state index contributed by atoms with van der Waals surface area (Å²) in [6, 6.07) is 12.6. The molecule has 0 aliphatic heterocycles. The van der Waals surface area contributed by atoms with Crippen LogP contribution in [-0.4, -0.2) is 17.5 Å². The Kier molecular flexibility index (Phi) is 5.69. The molecular formula is C25H27FN2O. The van der Waals surface area contributed by atoms with Gasteiger partial charge in [0.1, 0.15) is 5.82 Å². The first kappa shape index (κ1) is 19.7. The molecule has 0 bridgehead atoms. The Balaban J connectivity index is 1.65. The summed E-state index contributed by atoms with van der Waals surface area (Å²) in [6.45, 7) is 0. The van der Waals surface area contributed by atoms with Gasteiger partial charge in [0.05, 0.1) is 5.56 Å². The van der Waals surface area contributed by atoms with Gasteiger partial charge < -0.3 is 11.1 Å². The van der Waals surface area contributed by atoms with Gasteiger partial charge >= 0.3 is 0 Å². The van der Waals surface area contributed by atoms with Crippen molar-refractivity contribution in [1.29, 1.82) is 0 Å². The van der Waals surface area contributed by atoms with Gasteiger partial charge in [-0.25, -0.2) is 4.39 Å². The van der Waals surface area contributed by atoms with Crippen molar-refractivity contribution in [2.45, 2.75) is 62.9 Å². The summed E-state index contributed by atoms with van der Waals surface area (Å²) < 4.78 is 13.9. The third-order valence-corrected chi connectivity index (χ3v) is 6.01. The van der Waals surface area contributed by atoms with Gasteiger partial charge in [0.2, 0.25) is 5.91 Å². The first-order valence-corrected chi connectivity index (χ1v) is 10.5.